The van der Waals surface area contributed by atoms with Crippen molar-refractivity contribution in [3.05, 3.63) is 0 Å². The normalized spacial score (nSPS) is 17.2. The molecule has 2 N–H and O–H groups in total. The van der Waals surface area contributed by atoms with Gasteiger partial charge in [-0.15, -0.1) is 0 Å². The number of amides is 1. The maximum Gasteiger partial charge on any atom is 0.237 e. The van der Waals surface area contributed by atoms with Crippen LogP contribution in [-0.4, -0.2) is 25.0 Å². The van der Waals surface area contributed by atoms with Crippen molar-refractivity contribution in [2.75, 3.05) is 7.05 Å². The molecule has 1 amide bonds. The van der Waals surface area contributed by atoms with E-state index in [1.54, 1.807) is 7.05 Å². The Morgan fingerprint density at radius 2 is 1.86 bits per heavy atom. The molecule has 0 radical (unpaired) electrons. The van der Waals surface area contributed by atoms with Gasteiger partial charge in [0, 0.05) is 6.04 Å². The third-order valence-electron chi connectivity index (χ3n) is 2.67. The lowest BCUT2D eigenvalue weighted by atomic mass is 10.0. The summed E-state index contributed by atoms with van der Waals surface area (Å²) in [6, 6.07) is 0.169. The van der Waals surface area contributed by atoms with Crippen molar-refractivity contribution in [2.45, 2.75) is 52.6 Å². The average Bonchev–Trinajstić information content (AvgIpc) is 2.15. The molecule has 0 aromatic carbocycles. The van der Waals surface area contributed by atoms with E-state index in [4.69, 9.17) is 0 Å². The standard InChI is InChI=1S/C11H24N2O/c1-6-8(2)7-9(3)13-11(14)10(4)12-5/h8-10,12H,6-7H2,1-5H3,(H,13,14). The Bertz CT molecular complexity index is 171. The van der Waals surface area contributed by atoms with E-state index in [-0.39, 0.29) is 18.0 Å². The van der Waals surface area contributed by atoms with Crippen LogP contribution in [-0.2, 0) is 4.79 Å². The molecule has 14 heavy (non-hydrogen) atoms. The van der Waals surface area contributed by atoms with Crippen LogP contribution in [0.5, 0.6) is 0 Å². The molecule has 0 aromatic rings. The second-order valence-electron chi connectivity index (χ2n) is 4.17. The van der Waals surface area contributed by atoms with Gasteiger partial charge in [-0.1, -0.05) is 20.3 Å². The zero-order valence-corrected chi connectivity index (χ0v) is 10.1. The highest BCUT2D eigenvalue weighted by Crippen LogP contribution is 2.09. The Hall–Kier alpha value is -0.570. The fourth-order valence-corrected chi connectivity index (χ4v) is 1.33. The fraction of sp³-hybridized carbons (Fsp3) is 0.909. The van der Waals surface area contributed by atoms with Crippen LogP contribution in [0, 0.1) is 5.92 Å². The molecular weight excluding hydrogens is 176 g/mol. The third-order valence-corrected chi connectivity index (χ3v) is 2.67. The van der Waals surface area contributed by atoms with E-state index in [0.29, 0.717) is 5.92 Å². The lowest BCUT2D eigenvalue weighted by Crippen LogP contribution is -2.44. The van der Waals surface area contributed by atoms with E-state index in [9.17, 15) is 4.79 Å². The topological polar surface area (TPSA) is 41.1 Å². The molecule has 3 nitrogen and oxygen atoms in total. The maximum absolute atomic E-state index is 11.5. The van der Waals surface area contributed by atoms with Crippen molar-refractivity contribution in [3.63, 3.8) is 0 Å². The molecule has 0 fully saturated rings. The van der Waals surface area contributed by atoms with Crippen LogP contribution in [0.4, 0.5) is 0 Å². The Kier molecular flexibility index (Phi) is 6.54. The minimum absolute atomic E-state index is 0.0864. The van der Waals surface area contributed by atoms with Gasteiger partial charge >= 0.3 is 0 Å². The van der Waals surface area contributed by atoms with Gasteiger partial charge in [0.1, 0.15) is 0 Å². The molecule has 0 saturated carbocycles. The number of likely N-dealkylation sites (N-methyl/N-ethyl adjacent to an activating group) is 1. The number of hydrogen-bond acceptors (Lipinski definition) is 2. The molecule has 0 bridgehead atoms. The quantitative estimate of drug-likeness (QED) is 0.683. The summed E-state index contributed by atoms with van der Waals surface area (Å²) in [7, 11) is 1.80. The van der Waals surface area contributed by atoms with Crippen molar-refractivity contribution in [2.24, 2.45) is 5.92 Å². The molecule has 0 aromatic heterocycles. The summed E-state index contributed by atoms with van der Waals surface area (Å²) in [5, 5.41) is 5.92. The van der Waals surface area contributed by atoms with E-state index in [2.05, 4.69) is 31.4 Å². The number of carbonyl (C=O) groups excluding carboxylic acids is 1. The Labute approximate surface area is 87.6 Å². The number of carbonyl (C=O) groups is 1. The highest BCUT2D eigenvalue weighted by molar-refractivity contribution is 5.81. The maximum atomic E-state index is 11.5. The van der Waals surface area contributed by atoms with Crippen molar-refractivity contribution in [3.8, 4) is 0 Å². The van der Waals surface area contributed by atoms with Crippen LogP contribution >= 0.6 is 0 Å². The van der Waals surface area contributed by atoms with Crippen LogP contribution in [0.15, 0.2) is 0 Å². The van der Waals surface area contributed by atoms with Crippen molar-refractivity contribution < 1.29 is 4.79 Å². The van der Waals surface area contributed by atoms with Gasteiger partial charge in [-0.3, -0.25) is 4.79 Å². The Balaban J connectivity index is 3.82. The zero-order valence-electron chi connectivity index (χ0n) is 10.1. The van der Waals surface area contributed by atoms with E-state index in [0.717, 1.165) is 6.42 Å². The van der Waals surface area contributed by atoms with Gasteiger partial charge in [-0.05, 0) is 33.2 Å². The molecule has 0 saturated heterocycles. The first-order valence-electron chi connectivity index (χ1n) is 5.48. The van der Waals surface area contributed by atoms with Gasteiger partial charge < -0.3 is 10.6 Å². The zero-order chi connectivity index (χ0) is 11.1. The smallest absolute Gasteiger partial charge is 0.237 e. The molecule has 0 heterocycles. The first kappa shape index (κ1) is 13.4. The van der Waals surface area contributed by atoms with Crippen LogP contribution in [0.2, 0.25) is 0 Å². The minimum Gasteiger partial charge on any atom is -0.352 e. The van der Waals surface area contributed by atoms with E-state index in [1.807, 2.05) is 6.92 Å². The number of nitrogens with one attached hydrogen (secondary N) is 2. The van der Waals surface area contributed by atoms with Crippen molar-refractivity contribution in [1.82, 2.24) is 10.6 Å². The molecule has 0 spiro atoms. The van der Waals surface area contributed by atoms with E-state index in [1.165, 1.54) is 6.42 Å². The van der Waals surface area contributed by atoms with Crippen molar-refractivity contribution >= 4 is 5.91 Å². The lowest BCUT2D eigenvalue weighted by Gasteiger charge is -2.19. The molecule has 3 atom stereocenters. The van der Waals surface area contributed by atoms with Crippen LogP contribution < -0.4 is 10.6 Å². The van der Waals surface area contributed by atoms with Crippen LogP contribution in [0.3, 0.4) is 0 Å². The van der Waals surface area contributed by atoms with Gasteiger partial charge in [0.15, 0.2) is 0 Å². The third kappa shape index (κ3) is 5.22. The van der Waals surface area contributed by atoms with E-state index >= 15 is 0 Å². The minimum atomic E-state index is -0.102. The predicted molar refractivity (Wildman–Crippen MR) is 60.2 cm³/mol. The lowest BCUT2D eigenvalue weighted by molar-refractivity contribution is -0.123. The van der Waals surface area contributed by atoms with Crippen molar-refractivity contribution in [1.29, 1.82) is 0 Å². The molecular formula is C11H24N2O. The van der Waals surface area contributed by atoms with Gasteiger partial charge in [-0.2, -0.15) is 0 Å². The first-order valence-corrected chi connectivity index (χ1v) is 5.48. The molecule has 3 unspecified atom stereocenters. The van der Waals surface area contributed by atoms with Crippen LogP contribution in [0.1, 0.15) is 40.5 Å². The summed E-state index contributed by atoms with van der Waals surface area (Å²) in [5.74, 6) is 0.762. The summed E-state index contributed by atoms with van der Waals surface area (Å²) in [5.41, 5.74) is 0. The molecule has 0 aliphatic carbocycles. The second-order valence-corrected chi connectivity index (χ2v) is 4.17. The highest BCUT2D eigenvalue weighted by Gasteiger charge is 2.14. The second kappa shape index (κ2) is 6.82. The first-order chi connectivity index (χ1) is 6.51. The molecule has 3 heteroatoms. The summed E-state index contributed by atoms with van der Waals surface area (Å²) >= 11 is 0. The SMILES string of the molecule is CCC(C)CC(C)NC(=O)C(C)NC. The Morgan fingerprint density at radius 3 is 2.29 bits per heavy atom. The van der Waals surface area contributed by atoms with E-state index < -0.39 is 0 Å². The molecule has 0 rings (SSSR count). The van der Waals surface area contributed by atoms with Gasteiger partial charge in [0.05, 0.1) is 6.04 Å². The number of rotatable bonds is 6. The fourth-order valence-electron chi connectivity index (χ4n) is 1.33. The monoisotopic (exact) mass is 200 g/mol. The summed E-state index contributed by atoms with van der Waals surface area (Å²) in [6.45, 7) is 8.32. The molecule has 0 aliphatic heterocycles. The summed E-state index contributed by atoms with van der Waals surface area (Å²) in [4.78, 5) is 11.5. The molecule has 0 aliphatic rings. The van der Waals surface area contributed by atoms with Crippen LogP contribution in [0.25, 0.3) is 0 Å². The summed E-state index contributed by atoms with van der Waals surface area (Å²) in [6.07, 6.45) is 2.22. The predicted octanol–water partition coefficient (Wildman–Crippen LogP) is 1.54. The number of hydrogen-bond donors (Lipinski definition) is 2. The largest absolute Gasteiger partial charge is 0.352 e. The average molecular weight is 200 g/mol. The van der Waals surface area contributed by atoms with Gasteiger partial charge in [0.25, 0.3) is 0 Å². The summed E-state index contributed by atoms with van der Waals surface area (Å²) < 4.78 is 0. The highest BCUT2D eigenvalue weighted by atomic mass is 16.2. The van der Waals surface area contributed by atoms with Gasteiger partial charge in [0.2, 0.25) is 5.91 Å². The molecule has 84 valence electrons. The Morgan fingerprint density at radius 1 is 1.29 bits per heavy atom. The van der Waals surface area contributed by atoms with Gasteiger partial charge in [-0.25, -0.2) is 0 Å².